The van der Waals surface area contributed by atoms with Crippen molar-refractivity contribution >= 4 is 33.3 Å². The maximum absolute atomic E-state index is 12.7. The number of carbonyl (C=O) groups excluding carboxylic acids is 1. The van der Waals surface area contributed by atoms with Crippen molar-refractivity contribution in [3.05, 3.63) is 52.2 Å². The molecule has 1 fully saturated rings. The van der Waals surface area contributed by atoms with E-state index in [0.29, 0.717) is 6.54 Å². The van der Waals surface area contributed by atoms with Crippen LogP contribution in [0.5, 0.6) is 0 Å². The highest BCUT2D eigenvalue weighted by Crippen LogP contribution is 2.40. The molecular formula is C24H28N4OS. The van der Waals surface area contributed by atoms with Crippen LogP contribution in [0.2, 0.25) is 0 Å². The predicted octanol–water partition coefficient (Wildman–Crippen LogP) is 4.41. The molecule has 6 heteroatoms. The van der Waals surface area contributed by atoms with E-state index >= 15 is 0 Å². The Bertz CT molecular complexity index is 1050. The third-order valence-electron chi connectivity index (χ3n) is 6.48. The summed E-state index contributed by atoms with van der Waals surface area (Å²) in [5.74, 6) is 1.34. The number of hydrogen-bond donors (Lipinski definition) is 1. The molecule has 1 saturated heterocycles. The highest BCUT2D eigenvalue weighted by molar-refractivity contribution is 7.19. The lowest BCUT2D eigenvalue weighted by molar-refractivity contribution is -0.125. The van der Waals surface area contributed by atoms with Gasteiger partial charge in [0.05, 0.1) is 5.39 Å². The van der Waals surface area contributed by atoms with E-state index in [2.05, 4.69) is 51.4 Å². The van der Waals surface area contributed by atoms with Crippen LogP contribution in [0.3, 0.4) is 0 Å². The van der Waals surface area contributed by atoms with Gasteiger partial charge in [0, 0.05) is 30.4 Å². The Morgan fingerprint density at radius 3 is 2.70 bits per heavy atom. The molecule has 30 heavy (non-hydrogen) atoms. The molecule has 1 amide bonds. The van der Waals surface area contributed by atoms with Crippen LogP contribution < -0.4 is 10.2 Å². The van der Waals surface area contributed by atoms with Gasteiger partial charge < -0.3 is 10.2 Å². The van der Waals surface area contributed by atoms with Gasteiger partial charge in [-0.15, -0.1) is 11.3 Å². The minimum absolute atomic E-state index is 0.0837. The van der Waals surface area contributed by atoms with Gasteiger partial charge >= 0.3 is 0 Å². The van der Waals surface area contributed by atoms with E-state index in [9.17, 15) is 4.79 Å². The molecule has 5 nitrogen and oxygen atoms in total. The molecule has 1 N–H and O–H groups in total. The Morgan fingerprint density at radius 1 is 1.13 bits per heavy atom. The van der Waals surface area contributed by atoms with Crippen LogP contribution in [0.4, 0.5) is 5.82 Å². The fourth-order valence-electron chi connectivity index (χ4n) is 4.71. The van der Waals surface area contributed by atoms with Gasteiger partial charge in [-0.2, -0.15) is 0 Å². The van der Waals surface area contributed by atoms with Crippen LogP contribution in [0.15, 0.2) is 30.6 Å². The van der Waals surface area contributed by atoms with Crippen molar-refractivity contribution in [1.82, 2.24) is 15.3 Å². The first-order chi connectivity index (χ1) is 14.7. The van der Waals surface area contributed by atoms with Crippen LogP contribution in [-0.2, 0) is 24.2 Å². The van der Waals surface area contributed by atoms with Crippen LogP contribution in [0.1, 0.15) is 47.3 Å². The number of thiophene rings is 1. The second-order valence-electron chi connectivity index (χ2n) is 8.55. The number of benzene rings is 1. The van der Waals surface area contributed by atoms with E-state index in [1.54, 1.807) is 6.33 Å². The summed E-state index contributed by atoms with van der Waals surface area (Å²) in [7, 11) is 0. The summed E-state index contributed by atoms with van der Waals surface area (Å²) >= 11 is 1.85. The predicted molar refractivity (Wildman–Crippen MR) is 122 cm³/mol. The molecule has 0 spiro atoms. The van der Waals surface area contributed by atoms with Gasteiger partial charge in [0.25, 0.3) is 0 Å². The minimum atomic E-state index is 0.0837. The molecule has 3 heterocycles. The van der Waals surface area contributed by atoms with Gasteiger partial charge in [0.2, 0.25) is 5.91 Å². The molecule has 0 radical (unpaired) electrons. The smallest absolute Gasteiger partial charge is 0.223 e. The monoisotopic (exact) mass is 420 g/mol. The largest absolute Gasteiger partial charge is 0.356 e. The van der Waals surface area contributed by atoms with Crippen LogP contribution >= 0.6 is 11.3 Å². The third kappa shape index (κ3) is 3.81. The van der Waals surface area contributed by atoms with E-state index in [-0.39, 0.29) is 11.8 Å². The quantitative estimate of drug-likeness (QED) is 0.679. The number of nitrogens with one attached hydrogen (secondary N) is 1. The van der Waals surface area contributed by atoms with Crippen molar-refractivity contribution in [2.75, 3.05) is 18.0 Å². The number of hydrogen-bond acceptors (Lipinski definition) is 5. The highest BCUT2D eigenvalue weighted by Gasteiger charge is 2.28. The normalized spacial score (nSPS) is 17.2. The Kier molecular flexibility index (Phi) is 5.42. The summed E-state index contributed by atoms with van der Waals surface area (Å²) in [5.41, 5.74) is 3.87. The standard InChI is InChI=1S/C24H28N4OS/c1-16-6-8-17(9-7-16)14-25-23(29)18-10-12-28(13-11-18)22-21-19-4-2-3-5-20(19)30-24(21)27-15-26-22/h6-9,15,18H,2-5,10-14H2,1H3,(H,25,29). The Hall–Kier alpha value is -2.47. The molecule has 0 bridgehead atoms. The molecule has 156 valence electrons. The number of piperidine rings is 1. The number of anilines is 1. The van der Waals surface area contributed by atoms with Crippen molar-refractivity contribution in [2.45, 2.75) is 52.0 Å². The van der Waals surface area contributed by atoms with Gasteiger partial charge in [-0.05, 0) is 56.6 Å². The van der Waals surface area contributed by atoms with Gasteiger partial charge in [-0.3, -0.25) is 4.79 Å². The van der Waals surface area contributed by atoms with Crippen molar-refractivity contribution < 1.29 is 4.79 Å². The fourth-order valence-corrected chi connectivity index (χ4v) is 5.93. The average Bonchev–Trinajstić information content (AvgIpc) is 3.17. The molecular weight excluding hydrogens is 392 g/mol. The zero-order valence-corrected chi connectivity index (χ0v) is 18.3. The Labute approximate surface area is 181 Å². The van der Waals surface area contributed by atoms with Crippen LogP contribution in [-0.4, -0.2) is 29.0 Å². The SMILES string of the molecule is Cc1ccc(CNC(=O)C2CCN(c3ncnc4sc5c(c34)CCCC5)CC2)cc1. The summed E-state index contributed by atoms with van der Waals surface area (Å²) in [6.45, 7) is 4.43. The van der Waals surface area contributed by atoms with Gasteiger partial charge in [-0.1, -0.05) is 29.8 Å². The van der Waals surface area contributed by atoms with E-state index in [1.165, 1.54) is 40.7 Å². The zero-order valence-electron chi connectivity index (χ0n) is 17.5. The Balaban J connectivity index is 1.24. The molecule has 0 atom stereocenters. The molecule has 1 aliphatic carbocycles. The van der Waals surface area contributed by atoms with E-state index < -0.39 is 0 Å². The van der Waals surface area contributed by atoms with Crippen molar-refractivity contribution in [3.8, 4) is 0 Å². The topological polar surface area (TPSA) is 58.1 Å². The minimum Gasteiger partial charge on any atom is -0.356 e. The molecule has 0 saturated carbocycles. The zero-order chi connectivity index (χ0) is 20.5. The lowest BCUT2D eigenvalue weighted by Gasteiger charge is -2.32. The second kappa shape index (κ2) is 8.34. The average molecular weight is 421 g/mol. The number of fused-ring (bicyclic) bond motifs is 3. The first-order valence-corrected chi connectivity index (χ1v) is 11.8. The summed E-state index contributed by atoms with van der Waals surface area (Å²) in [4.78, 5) is 26.9. The molecule has 5 rings (SSSR count). The lowest BCUT2D eigenvalue weighted by Crippen LogP contribution is -2.40. The number of nitrogens with zero attached hydrogens (tertiary/aromatic N) is 3. The molecule has 2 aromatic heterocycles. The summed E-state index contributed by atoms with van der Waals surface area (Å²) in [6.07, 6.45) is 8.32. The number of aryl methyl sites for hydroxylation is 3. The molecule has 2 aliphatic rings. The van der Waals surface area contributed by atoms with E-state index in [0.717, 1.165) is 48.6 Å². The lowest BCUT2D eigenvalue weighted by atomic mass is 9.94. The third-order valence-corrected chi connectivity index (χ3v) is 7.68. The highest BCUT2D eigenvalue weighted by atomic mass is 32.1. The second-order valence-corrected chi connectivity index (χ2v) is 9.64. The van der Waals surface area contributed by atoms with Crippen LogP contribution in [0, 0.1) is 12.8 Å². The maximum atomic E-state index is 12.7. The number of carbonyl (C=O) groups is 1. The Morgan fingerprint density at radius 2 is 1.90 bits per heavy atom. The van der Waals surface area contributed by atoms with Gasteiger partial charge in [0.1, 0.15) is 17.0 Å². The number of rotatable bonds is 4. The van der Waals surface area contributed by atoms with Crippen molar-refractivity contribution in [3.63, 3.8) is 0 Å². The maximum Gasteiger partial charge on any atom is 0.223 e. The first kappa shape index (κ1) is 19.5. The fraction of sp³-hybridized carbons (Fsp3) is 0.458. The summed E-state index contributed by atoms with van der Waals surface area (Å²) in [5, 5.41) is 4.41. The molecule has 0 unspecified atom stereocenters. The first-order valence-electron chi connectivity index (χ1n) is 11.0. The van der Waals surface area contributed by atoms with Gasteiger partial charge in [0.15, 0.2) is 0 Å². The molecule has 3 aromatic rings. The van der Waals surface area contributed by atoms with Crippen molar-refractivity contribution in [2.24, 2.45) is 5.92 Å². The molecule has 1 aromatic carbocycles. The molecule has 1 aliphatic heterocycles. The number of aromatic nitrogens is 2. The van der Waals surface area contributed by atoms with Gasteiger partial charge in [-0.25, -0.2) is 9.97 Å². The van der Waals surface area contributed by atoms with E-state index in [1.807, 2.05) is 11.3 Å². The summed E-state index contributed by atoms with van der Waals surface area (Å²) < 4.78 is 0. The van der Waals surface area contributed by atoms with E-state index in [4.69, 9.17) is 0 Å². The van der Waals surface area contributed by atoms with Crippen LogP contribution in [0.25, 0.3) is 10.2 Å². The van der Waals surface area contributed by atoms with Crippen molar-refractivity contribution in [1.29, 1.82) is 0 Å². The summed E-state index contributed by atoms with van der Waals surface area (Å²) in [6, 6.07) is 8.34. The number of amides is 1.